The van der Waals surface area contributed by atoms with Gasteiger partial charge in [-0.3, -0.25) is 0 Å². The average Bonchev–Trinajstić information content (AvgIpc) is 2.19. The van der Waals surface area contributed by atoms with Crippen LogP contribution in [0, 0.1) is 5.82 Å². The molecule has 1 heterocycles. The standard InChI is InChI=1S/C11H15FN2/c12-9-3-1-8(2-4-9)11-7-10(13)5-6-14-11/h1-4,10-11,14H,5-7,13H2/t10-,11+/m1/s1. The van der Waals surface area contributed by atoms with Crippen LogP contribution in [0.3, 0.4) is 0 Å². The van der Waals surface area contributed by atoms with Crippen LogP contribution in [0.2, 0.25) is 0 Å². The van der Waals surface area contributed by atoms with Gasteiger partial charge < -0.3 is 11.1 Å². The molecule has 2 atom stereocenters. The molecular formula is C11H15FN2. The van der Waals surface area contributed by atoms with Crippen molar-refractivity contribution in [2.45, 2.75) is 24.9 Å². The van der Waals surface area contributed by atoms with Gasteiger partial charge in [-0.05, 0) is 37.1 Å². The number of nitrogens with one attached hydrogen (secondary N) is 1. The van der Waals surface area contributed by atoms with Crippen LogP contribution < -0.4 is 11.1 Å². The molecule has 0 aliphatic carbocycles. The topological polar surface area (TPSA) is 38.0 Å². The number of hydrogen-bond donors (Lipinski definition) is 2. The van der Waals surface area contributed by atoms with Gasteiger partial charge in [0, 0.05) is 12.1 Å². The van der Waals surface area contributed by atoms with Gasteiger partial charge in [-0.15, -0.1) is 0 Å². The lowest BCUT2D eigenvalue weighted by Gasteiger charge is -2.28. The first-order chi connectivity index (χ1) is 6.75. The van der Waals surface area contributed by atoms with Gasteiger partial charge in [0.2, 0.25) is 0 Å². The summed E-state index contributed by atoms with van der Waals surface area (Å²) in [5, 5.41) is 3.38. The fourth-order valence-corrected chi connectivity index (χ4v) is 1.90. The molecule has 3 heteroatoms. The van der Waals surface area contributed by atoms with E-state index >= 15 is 0 Å². The van der Waals surface area contributed by atoms with E-state index in [9.17, 15) is 4.39 Å². The van der Waals surface area contributed by atoms with Gasteiger partial charge in [0.25, 0.3) is 0 Å². The molecule has 0 saturated carbocycles. The molecule has 0 amide bonds. The first-order valence-electron chi connectivity index (χ1n) is 5.00. The fraction of sp³-hybridized carbons (Fsp3) is 0.455. The van der Waals surface area contributed by atoms with Crippen LogP contribution in [0.25, 0.3) is 0 Å². The minimum atomic E-state index is -0.186. The van der Waals surface area contributed by atoms with Crippen LogP contribution in [-0.2, 0) is 0 Å². The third-order valence-corrected chi connectivity index (χ3v) is 2.72. The molecule has 0 radical (unpaired) electrons. The Balaban J connectivity index is 2.10. The summed E-state index contributed by atoms with van der Waals surface area (Å²) in [5.41, 5.74) is 7.00. The molecule has 0 bridgehead atoms. The second-order valence-electron chi connectivity index (χ2n) is 3.84. The first kappa shape index (κ1) is 9.62. The summed E-state index contributed by atoms with van der Waals surface area (Å²) in [6.07, 6.45) is 1.96. The van der Waals surface area contributed by atoms with Crippen LogP contribution in [0.5, 0.6) is 0 Å². The fourth-order valence-electron chi connectivity index (χ4n) is 1.90. The largest absolute Gasteiger partial charge is 0.328 e. The van der Waals surface area contributed by atoms with Crippen molar-refractivity contribution in [3.8, 4) is 0 Å². The molecule has 1 saturated heterocycles. The number of halogens is 1. The molecule has 0 spiro atoms. The Labute approximate surface area is 83.3 Å². The van der Waals surface area contributed by atoms with E-state index < -0.39 is 0 Å². The predicted molar refractivity (Wildman–Crippen MR) is 54.4 cm³/mol. The van der Waals surface area contributed by atoms with Crippen LogP contribution in [0.15, 0.2) is 24.3 Å². The van der Waals surface area contributed by atoms with Crippen molar-refractivity contribution in [3.05, 3.63) is 35.6 Å². The van der Waals surface area contributed by atoms with Crippen LogP contribution >= 0.6 is 0 Å². The summed E-state index contributed by atoms with van der Waals surface area (Å²) in [4.78, 5) is 0. The highest BCUT2D eigenvalue weighted by Gasteiger charge is 2.19. The zero-order chi connectivity index (χ0) is 9.97. The van der Waals surface area contributed by atoms with Crippen molar-refractivity contribution in [2.75, 3.05) is 6.54 Å². The molecule has 76 valence electrons. The summed E-state index contributed by atoms with van der Waals surface area (Å²) < 4.78 is 12.7. The molecule has 3 N–H and O–H groups in total. The normalized spacial score (nSPS) is 27.6. The molecule has 0 unspecified atom stereocenters. The molecular weight excluding hydrogens is 179 g/mol. The number of nitrogens with two attached hydrogens (primary N) is 1. The highest BCUT2D eigenvalue weighted by Crippen LogP contribution is 2.22. The molecule has 2 rings (SSSR count). The maximum Gasteiger partial charge on any atom is 0.123 e. The van der Waals surface area contributed by atoms with Crippen molar-refractivity contribution >= 4 is 0 Å². The summed E-state index contributed by atoms with van der Waals surface area (Å²) in [6.45, 7) is 0.948. The molecule has 2 nitrogen and oxygen atoms in total. The van der Waals surface area contributed by atoms with Crippen molar-refractivity contribution in [1.29, 1.82) is 0 Å². The van der Waals surface area contributed by atoms with E-state index in [2.05, 4.69) is 5.32 Å². The maximum atomic E-state index is 12.7. The van der Waals surface area contributed by atoms with Crippen LogP contribution in [0.1, 0.15) is 24.4 Å². The van der Waals surface area contributed by atoms with Gasteiger partial charge in [-0.1, -0.05) is 12.1 Å². The summed E-state index contributed by atoms with van der Waals surface area (Å²) in [7, 11) is 0. The highest BCUT2D eigenvalue weighted by atomic mass is 19.1. The molecule has 14 heavy (non-hydrogen) atoms. The Morgan fingerprint density at radius 2 is 2.00 bits per heavy atom. The molecule has 1 aromatic carbocycles. The molecule has 1 fully saturated rings. The summed E-state index contributed by atoms with van der Waals surface area (Å²) in [5.74, 6) is -0.186. The SMILES string of the molecule is N[C@@H]1CCN[C@H](c2ccc(F)cc2)C1. The number of rotatable bonds is 1. The first-order valence-corrected chi connectivity index (χ1v) is 5.00. The van der Waals surface area contributed by atoms with Crippen molar-refractivity contribution in [1.82, 2.24) is 5.32 Å². The monoisotopic (exact) mass is 194 g/mol. The minimum Gasteiger partial charge on any atom is -0.328 e. The van der Waals surface area contributed by atoms with E-state index in [1.165, 1.54) is 12.1 Å². The predicted octanol–water partition coefficient (Wildman–Crippen LogP) is 1.58. The molecule has 0 aromatic heterocycles. The van der Waals surface area contributed by atoms with Crippen LogP contribution in [0.4, 0.5) is 4.39 Å². The molecule has 1 aliphatic rings. The number of hydrogen-bond acceptors (Lipinski definition) is 2. The Hall–Kier alpha value is -0.930. The number of benzene rings is 1. The summed E-state index contributed by atoms with van der Waals surface area (Å²) >= 11 is 0. The average molecular weight is 194 g/mol. The Morgan fingerprint density at radius 3 is 2.64 bits per heavy atom. The van der Waals surface area contributed by atoms with Gasteiger partial charge >= 0.3 is 0 Å². The minimum absolute atomic E-state index is 0.186. The van der Waals surface area contributed by atoms with Gasteiger partial charge in [0.15, 0.2) is 0 Å². The third kappa shape index (κ3) is 2.11. The molecule has 1 aromatic rings. The van der Waals surface area contributed by atoms with Crippen molar-refractivity contribution in [3.63, 3.8) is 0 Å². The van der Waals surface area contributed by atoms with Crippen LogP contribution in [-0.4, -0.2) is 12.6 Å². The Morgan fingerprint density at radius 1 is 1.29 bits per heavy atom. The van der Waals surface area contributed by atoms with Gasteiger partial charge in [-0.25, -0.2) is 4.39 Å². The van der Waals surface area contributed by atoms with Gasteiger partial charge in [-0.2, -0.15) is 0 Å². The Bertz CT molecular complexity index is 297. The van der Waals surface area contributed by atoms with Gasteiger partial charge in [0.1, 0.15) is 5.82 Å². The lowest BCUT2D eigenvalue weighted by molar-refractivity contribution is 0.369. The number of piperidine rings is 1. The van der Waals surface area contributed by atoms with E-state index in [-0.39, 0.29) is 11.9 Å². The zero-order valence-corrected chi connectivity index (χ0v) is 8.04. The van der Waals surface area contributed by atoms with E-state index in [0.717, 1.165) is 24.9 Å². The van der Waals surface area contributed by atoms with E-state index in [1.807, 2.05) is 12.1 Å². The van der Waals surface area contributed by atoms with E-state index in [0.29, 0.717) is 6.04 Å². The van der Waals surface area contributed by atoms with Crippen molar-refractivity contribution in [2.24, 2.45) is 5.73 Å². The third-order valence-electron chi connectivity index (χ3n) is 2.72. The second-order valence-corrected chi connectivity index (χ2v) is 3.84. The van der Waals surface area contributed by atoms with Crippen molar-refractivity contribution < 1.29 is 4.39 Å². The zero-order valence-electron chi connectivity index (χ0n) is 8.04. The summed E-state index contributed by atoms with van der Waals surface area (Å²) in [6, 6.07) is 7.20. The lowest BCUT2D eigenvalue weighted by Crippen LogP contribution is -2.38. The smallest absolute Gasteiger partial charge is 0.123 e. The Kier molecular flexibility index (Phi) is 2.79. The second kappa shape index (κ2) is 4.07. The molecule has 1 aliphatic heterocycles. The van der Waals surface area contributed by atoms with E-state index in [4.69, 9.17) is 5.73 Å². The highest BCUT2D eigenvalue weighted by molar-refractivity contribution is 5.20. The van der Waals surface area contributed by atoms with E-state index in [1.54, 1.807) is 0 Å². The maximum absolute atomic E-state index is 12.7. The van der Waals surface area contributed by atoms with Gasteiger partial charge in [0.05, 0.1) is 0 Å². The quantitative estimate of drug-likeness (QED) is 0.712. The lowest BCUT2D eigenvalue weighted by atomic mass is 9.94.